The smallest absolute Gasteiger partial charge is 0.129 e. The van der Waals surface area contributed by atoms with E-state index in [0.717, 1.165) is 42.2 Å². The van der Waals surface area contributed by atoms with Crippen LogP contribution in [0.3, 0.4) is 0 Å². The summed E-state index contributed by atoms with van der Waals surface area (Å²) in [6.45, 7) is 9.74. The fourth-order valence-corrected chi connectivity index (χ4v) is 2.82. The van der Waals surface area contributed by atoms with Gasteiger partial charge in [-0.25, -0.2) is 4.98 Å². The molecule has 0 spiro atoms. The van der Waals surface area contributed by atoms with E-state index in [0.29, 0.717) is 6.04 Å². The Labute approximate surface area is 123 Å². The zero-order valence-electron chi connectivity index (χ0n) is 11.8. The highest BCUT2D eigenvalue weighted by atomic mass is 79.9. The van der Waals surface area contributed by atoms with Crippen molar-refractivity contribution in [2.45, 2.75) is 32.9 Å². The number of β-amino-alcohol motifs (C(OH)–C–C–N with tert-alkyl or cyclic N) is 1. The van der Waals surface area contributed by atoms with Crippen LogP contribution in [0, 0.1) is 6.92 Å². The molecule has 0 aromatic carbocycles. The highest BCUT2D eigenvalue weighted by Gasteiger charge is 2.25. The second-order valence-electron chi connectivity index (χ2n) is 5.39. The van der Waals surface area contributed by atoms with Gasteiger partial charge in [0.25, 0.3) is 0 Å². The van der Waals surface area contributed by atoms with Crippen molar-refractivity contribution in [3.8, 4) is 0 Å². The molecule has 1 aliphatic rings. The molecule has 0 aliphatic carbocycles. The van der Waals surface area contributed by atoms with Crippen LogP contribution in [0.25, 0.3) is 0 Å². The van der Waals surface area contributed by atoms with E-state index in [-0.39, 0.29) is 6.10 Å². The molecule has 1 saturated heterocycles. The largest absolute Gasteiger partial charge is 0.392 e. The molecule has 19 heavy (non-hydrogen) atoms. The van der Waals surface area contributed by atoms with Gasteiger partial charge in [0.15, 0.2) is 0 Å². The van der Waals surface area contributed by atoms with Gasteiger partial charge in [-0.05, 0) is 48.8 Å². The van der Waals surface area contributed by atoms with Crippen LogP contribution in [0.2, 0.25) is 0 Å². The topological polar surface area (TPSA) is 39.6 Å². The molecule has 106 valence electrons. The van der Waals surface area contributed by atoms with E-state index < -0.39 is 0 Å². The Hall–Kier alpha value is -0.650. The van der Waals surface area contributed by atoms with Crippen LogP contribution in [0.1, 0.15) is 19.5 Å². The zero-order chi connectivity index (χ0) is 14.0. The number of hydrogen-bond donors (Lipinski definition) is 1. The van der Waals surface area contributed by atoms with Crippen LogP contribution in [0.4, 0.5) is 5.82 Å². The predicted molar refractivity (Wildman–Crippen MR) is 81.6 cm³/mol. The molecule has 0 saturated carbocycles. The minimum atomic E-state index is -0.258. The molecule has 5 heteroatoms. The monoisotopic (exact) mass is 327 g/mol. The molecular weight excluding hydrogens is 306 g/mol. The number of piperazine rings is 1. The third-order valence-corrected chi connectivity index (χ3v) is 4.37. The second kappa shape index (κ2) is 6.20. The van der Waals surface area contributed by atoms with Crippen molar-refractivity contribution in [2.24, 2.45) is 0 Å². The fourth-order valence-electron chi connectivity index (χ4n) is 2.60. The SMILES string of the molecule is Cc1nc(N2CCN(C[C@@H](C)O)C[C@@H]2C)ccc1Br. The minimum Gasteiger partial charge on any atom is -0.392 e. The summed E-state index contributed by atoms with van der Waals surface area (Å²) in [6.07, 6.45) is -0.258. The van der Waals surface area contributed by atoms with E-state index in [1.54, 1.807) is 0 Å². The van der Waals surface area contributed by atoms with Crippen molar-refractivity contribution in [3.63, 3.8) is 0 Å². The average Bonchev–Trinajstić information content (AvgIpc) is 2.32. The summed E-state index contributed by atoms with van der Waals surface area (Å²) < 4.78 is 1.05. The lowest BCUT2D eigenvalue weighted by molar-refractivity contribution is 0.114. The van der Waals surface area contributed by atoms with Gasteiger partial charge >= 0.3 is 0 Å². The van der Waals surface area contributed by atoms with E-state index in [1.807, 2.05) is 13.8 Å². The fraction of sp³-hybridized carbons (Fsp3) is 0.643. The summed E-state index contributed by atoms with van der Waals surface area (Å²) in [5.74, 6) is 1.05. The normalized spacial score (nSPS) is 22.6. The van der Waals surface area contributed by atoms with Gasteiger partial charge in [-0.3, -0.25) is 4.90 Å². The van der Waals surface area contributed by atoms with Crippen molar-refractivity contribution in [3.05, 3.63) is 22.3 Å². The summed E-state index contributed by atoms with van der Waals surface area (Å²) in [4.78, 5) is 9.31. The Bertz CT molecular complexity index is 439. The number of rotatable bonds is 3. The Morgan fingerprint density at radius 3 is 2.79 bits per heavy atom. The van der Waals surface area contributed by atoms with Gasteiger partial charge in [0.05, 0.1) is 11.8 Å². The number of hydrogen-bond acceptors (Lipinski definition) is 4. The average molecular weight is 328 g/mol. The zero-order valence-corrected chi connectivity index (χ0v) is 13.4. The molecular formula is C14H22BrN3O. The van der Waals surface area contributed by atoms with Crippen molar-refractivity contribution in [2.75, 3.05) is 31.1 Å². The number of anilines is 1. The summed E-state index contributed by atoms with van der Waals surface area (Å²) in [7, 11) is 0. The molecule has 1 fully saturated rings. The summed E-state index contributed by atoms with van der Waals surface area (Å²) in [5.41, 5.74) is 1.02. The third kappa shape index (κ3) is 3.68. The lowest BCUT2D eigenvalue weighted by atomic mass is 10.1. The van der Waals surface area contributed by atoms with Crippen molar-refractivity contribution in [1.82, 2.24) is 9.88 Å². The maximum atomic E-state index is 9.47. The molecule has 1 aromatic heterocycles. The van der Waals surface area contributed by atoms with Gasteiger partial charge in [0.2, 0.25) is 0 Å². The minimum absolute atomic E-state index is 0.258. The van der Waals surface area contributed by atoms with Crippen molar-refractivity contribution in [1.29, 1.82) is 0 Å². The van der Waals surface area contributed by atoms with Crippen LogP contribution in [0.15, 0.2) is 16.6 Å². The van der Waals surface area contributed by atoms with E-state index in [1.165, 1.54) is 0 Å². The van der Waals surface area contributed by atoms with Gasteiger partial charge in [0.1, 0.15) is 5.82 Å². The first kappa shape index (κ1) is 14.8. The van der Waals surface area contributed by atoms with Gasteiger partial charge in [-0.15, -0.1) is 0 Å². The molecule has 2 heterocycles. The van der Waals surface area contributed by atoms with Crippen LogP contribution in [-0.2, 0) is 0 Å². The van der Waals surface area contributed by atoms with Crippen molar-refractivity contribution < 1.29 is 5.11 Å². The number of nitrogens with zero attached hydrogens (tertiary/aromatic N) is 3. The number of aliphatic hydroxyl groups is 1. The molecule has 0 amide bonds. The Morgan fingerprint density at radius 2 is 2.21 bits per heavy atom. The first-order chi connectivity index (χ1) is 8.97. The number of halogens is 1. The molecule has 4 nitrogen and oxygen atoms in total. The van der Waals surface area contributed by atoms with Gasteiger partial charge in [-0.2, -0.15) is 0 Å². The quantitative estimate of drug-likeness (QED) is 0.922. The van der Waals surface area contributed by atoms with Gasteiger partial charge < -0.3 is 10.0 Å². The summed E-state index contributed by atoms with van der Waals surface area (Å²) in [5, 5.41) is 9.47. The highest BCUT2D eigenvalue weighted by Crippen LogP contribution is 2.22. The Morgan fingerprint density at radius 1 is 1.47 bits per heavy atom. The summed E-state index contributed by atoms with van der Waals surface area (Å²) >= 11 is 3.49. The molecule has 0 bridgehead atoms. The first-order valence-corrected chi connectivity index (χ1v) is 7.57. The lowest BCUT2D eigenvalue weighted by Gasteiger charge is -2.41. The second-order valence-corrected chi connectivity index (χ2v) is 6.24. The standard InChI is InChI=1S/C14H22BrN3O/c1-10-8-17(9-11(2)19)6-7-18(10)14-5-4-13(15)12(3)16-14/h4-5,10-11,19H,6-9H2,1-3H3/t10-,11+/m0/s1. The van der Waals surface area contributed by atoms with E-state index >= 15 is 0 Å². The van der Waals surface area contributed by atoms with Crippen LogP contribution in [0.5, 0.6) is 0 Å². The molecule has 1 aliphatic heterocycles. The van der Waals surface area contributed by atoms with Crippen LogP contribution >= 0.6 is 15.9 Å². The molecule has 2 atom stereocenters. The molecule has 1 aromatic rings. The van der Waals surface area contributed by atoms with Gasteiger partial charge in [-0.1, -0.05) is 0 Å². The lowest BCUT2D eigenvalue weighted by Crippen LogP contribution is -2.53. The molecule has 0 radical (unpaired) electrons. The van der Waals surface area contributed by atoms with Crippen molar-refractivity contribution >= 4 is 21.7 Å². The molecule has 1 N–H and O–H groups in total. The van der Waals surface area contributed by atoms with E-state index in [9.17, 15) is 5.11 Å². The number of aromatic nitrogens is 1. The van der Waals surface area contributed by atoms with Crippen LogP contribution < -0.4 is 4.90 Å². The number of pyridine rings is 1. The van der Waals surface area contributed by atoms with E-state index in [2.05, 4.69) is 49.8 Å². The summed E-state index contributed by atoms with van der Waals surface area (Å²) in [6, 6.07) is 4.55. The number of aryl methyl sites for hydroxylation is 1. The third-order valence-electron chi connectivity index (χ3n) is 3.53. The Kier molecular flexibility index (Phi) is 4.81. The predicted octanol–water partition coefficient (Wildman–Crippen LogP) is 2.04. The molecule has 2 rings (SSSR count). The number of aliphatic hydroxyl groups excluding tert-OH is 1. The highest BCUT2D eigenvalue weighted by molar-refractivity contribution is 9.10. The van der Waals surface area contributed by atoms with Gasteiger partial charge in [0, 0.05) is 36.7 Å². The van der Waals surface area contributed by atoms with E-state index in [4.69, 9.17) is 0 Å². The maximum absolute atomic E-state index is 9.47. The first-order valence-electron chi connectivity index (χ1n) is 6.77. The maximum Gasteiger partial charge on any atom is 0.129 e. The van der Waals surface area contributed by atoms with Crippen LogP contribution in [-0.4, -0.2) is 53.3 Å². The Balaban J connectivity index is 2.05. The molecule has 0 unspecified atom stereocenters.